The molecule has 3 rings (SSSR count). The van der Waals surface area contributed by atoms with Gasteiger partial charge < -0.3 is 24.7 Å². The predicted molar refractivity (Wildman–Crippen MR) is 156 cm³/mol. The van der Waals surface area contributed by atoms with Crippen molar-refractivity contribution < 1.29 is 23.8 Å². The van der Waals surface area contributed by atoms with Gasteiger partial charge in [0, 0.05) is 24.6 Å². The third kappa shape index (κ3) is 8.32. The van der Waals surface area contributed by atoms with Crippen molar-refractivity contribution in [2.45, 2.75) is 58.1 Å². The number of halogens is 1. The molecule has 6 nitrogen and oxygen atoms in total. The molecule has 39 heavy (non-hydrogen) atoms. The zero-order valence-corrected chi connectivity index (χ0v) is 23.8. The number of hydrogen-bond acceptors (Lipinski definition) is 5. The second-order valence-corrected chi connectivity index (χ2v) is 9.89. The molecule has 1 atom stereocenters. The van der Waals surface area contributed by atoms with E-state index in [2.05, 4.69) is 73.5 Å². The Labute approximate surface area is 232 Å². The van der Waals surface area contributed by atoms with Crippen molar-refractivity contribution in [3.8, 4) is 11.1 Å². The molecule has 0 fully saturated rings. The van der Waals surface area contributed by atoms with E-state index in [9.17, 15) is 9.50 Å². The van der Waals surface area contributed by atoms with Crippen LogP contribution in [0.1, 0.15) is 56.8 Å². The van der Waals surface area contributed by atoms with E-state index in [-0.39, 0.29) is 17.8 Å². The van der Waals surface area contributed by atoms with Crippen LogP contribution in [0.5, 0.6) is 0 Å². The largest absolute Gasteiger partial charge is 0.458 e. The summed E-state index contributed by atoms with van der Waals surface area (Å²) >= 11 is 0. The van der Waals surface area contributed by atoms with Gasteiger partial charge in [-0.05, 0) is 55.5 Å². The summed E-state index contributed by atoms with van der Waals surface area (Å²) in [5, 5.41) is 12.8. The number of aryl methyl sites for hydroxylation is 1. The van der Waals surface area contributed by atoms with Crippen molar-refractivity contribution >= 4 is 19.6 Å². The van der Waals surface area contributed by atoms with Crippen molar-refractivity contribution in [2.24, 2.45) is 4.99 Å². The lowest BCUT2D eigenvalue weighted by molar-refractivity contribution is -0.0987. The smallest absolute Gasteiger partial charge is 0.285 e. The van der Waals surface area contributed by atoms with Crippen LogP contribution in [0, 0.1) is 12.7 Å². The summed E-state index contributed by atoms with van der Waals surface area (Å²) in [5.41, 5.74) is 4.21. The minimum atomic E-state index is -0.655. The summed E-state index contributed by atoms with van der Waals surface area (Å²) in [6.45, 7) is 14.4. The fourth-order valence-corrected chi connectivity index (χ4v) is 4.16. The third-order valence-electron chi connectivity index (χ3n) is 7.12. The van der Waals surface area contributed by atoms with E-state index in [1.807, 2.05) is 33.5 Å². The third-order valence-corrected chi connectivity index (χ3v) is 7.12. The molecule has 3 aromatic rings. The molecule has 0 saturated carbocycles. The molecule has 0 unspecified atom stereocenters. The molecular formula is C32H41FN2O4. The second-order valence-electron chi connectivity index (χ2n) is 9.89. The SMILES string of the molecule is C=O.C=O.CN=C(N[C@@H](CCO)c1ccccc1F)OC(C)(C)C(C)(C)c1ccc(-c2ccccc2C)cc1. The number of rotatable bonds is 8. The summed E-state index contributed by atoms with van der Waals surface area (Å²) in [5.74, 6) is -0.331. The normalized spacial score (nSPS) is 12.3. The average Bonchev–Trinajstić information content (AvgIpc) is 2.95. The van der Waals surface area contributed by atoms with Crippen molar-refractivity contribution in [3.63, 3.8) is 0 Å². The van der Waals surface area contributed by atoms with E-state index in [1.165, 1.54) is 22.8 Å². The van der Waals surface area contributed by atoms with Crippen LogP contribution in [0.25, 0.3) is 11.1 Å². The molecule has 0 heterocycles. The Bertz CT molecular complexity index is 1190. The highest BCUT2D eigenvalue weighted by Gasteiger charge is 2.41. The summed E-state index contributed by atoms with van der Waals surface area (Å²) in [6.07, 6.45) is 0.327. The number of nitrogens with zero attached hydrogens (tertiary/aromatic N) is 1. The first-order chi connectivity index (χ1) is 18.6. The van der Waals surface area contributed by atoms with Crippen LogP contribution in [0.2, 0.25) is 0 Å². The second kappa shape index (κ2) is 15.5. The number of aliphatic imine (C=N–C) groups is 1. The van der Waals surface area contributed by atoms with Crippen molar-refractivity contribution in [1.29, 1.82) is 0 Å². The maximum Gasteiger partial charge on any atom is 0.285 e. The molecule has 0 aliphatic rings. The molecule has 2 N–H and O–H groups in total. The van der Waals surface area contributed by atoms with Crippen LogP contribution in [0.3, 0.4) is 0 Å². The van der Waals surface area contributed by atoms with Gasteiger partial charge in [0.05, 0.1) is 6.04 Å². The molecule has 0 bridgehead atoms. The number of benzene rings is 3. The molecule has 3 aromatic carbocycles. The molecule has 0 amide bonds. The first-order valence-electron chi connectivity index (χ1n) is 12.6. The number of carbonyl (C=O) groups is 2. The fraction of sp³-hybridized carbons (Fsp3) is 0.344. The zero-order valence-electron chi connectivity index (χ0n) is 23.8. The molecule has 0 aliphatic carbocycles. The summed E-state index contributed by atoms with van der Waals surface area (Å²) in [4.78, 5) is 20.3. The first-order valence-corrected chi connectivity index (χ1v) is 12.6. The fourth-order valence-electron chi connectivity index (χ4n) is 4.16. The standard InChI is InChI=1S/C30H37FN2O2.2CH2O/c1-21-11-7-8-12-24(21)22-15-17-23(18-16-22)29(2,3)30(4,5)35-28(32-6)33-27(19-20-34)25-13-9-10-14-26(25)31;2*1-2/h7-18,27,34H,19-20H2,1-6H3,(H,32,33);2*1H2/t27-;;/m0../s1. The van der Waals surface area contributed by atoms with Gasteiger partial charge in [0.25, 0.3) is 6.02 Å². The summed E-state index contributed by atoms with van der Waals surface area (Å²) in [6, 6.07) is 23.4. The van der Waals surface area contributed by atoms with E-state index in [0.29, 0.717) is 18.0 Å². The quantitative estimate of drug-likeness (QED) is 0.264. The average molecular weight is 537 g/mol. The maximum atomic E-state index is 14.4. The molecule has 0 spiro atoms. The van der Waals surface area contributed by atoms with E-state index in [0.717, 1.165) is 5.56 Å². The van der Waals surface area contributed by atoms with Gasteiger partial charge in [0.15, 0.2) is 0 Å². The van der Waals surface area contributed by atoms with Gasteiger partial charge in [0.1, 0.15) is 25.0 Å². The molecule has 210 valence electrons. The van der Waals surface area contributed by atoms with Crippen LogP contribution in [0.4, 0.5) is 4.39 Å². The molecule has 0 aliphatic heterocycles. The minimum Gasteiger partial charge on any atom is -0.458 e. The van der Waals surface area contributed by atoms with Gasteiger partial charge in [-0.2, -0.15) is 0 Å². The van der Waals surface area contributed by atoms with Crippen LogP contribution in [0.15, 0.2) is 77.8 Å². The van der Waals surface area contributed by atoms with E-state index < -0.39 is 11.6 Å². The van der Waals surface area contributed by atoms with Gasteiger partial charge in [-0.25, -0.2) is 9.38 Å². The lowest BCUT2D eigenvalue weighted by atomic mass is 9.71. The Morgan fingerprint density at radius 3 is 2.05 bits per heavy atom. The van der Waals surface area contributed by atoms with Crippen LogP contribution < -0.4 is 5.32 Å². The first kappa shape index (κ1) is 33.2. The zero-order chi connectivity index (χ0) is 29.6. The molecule has 7 heteroatoms. The number of hydrogen-bond donors (Lipinski definition) is 2. The van der Waals surface area contributed by atoms with Gasteiger partial charge in [-0.3, -0.25) is 0 Å². The van der Waals surface area contributed by atoms with E-state index in [4.69, 9.17) is 14.3 Å². The van der Waals surface area contributed by atoms with E-state index in [1.54, 1.807) is 25.2 Å². The Morgan fingerprint density at radius 2 is 1.51 bits per heavy atom. The lowest BCUT2D eigenvalue weighted by Gasteiger charge is -2.42. The van der Waals surface area contributed by atoms with Crippen LogP contribution in [-0.2, 0) is 19.7 Å². The number of aliphatic hydroxyl groups excluding tert-OH is 1. The number of amidine groups is 1. The Kier molecular flexibility index (Phi) is 13.2. The summed E-state index contributed by atoms with van der Waals surface area (Å²) < 4.78 is 20.9. The van der Waals surface area contributed by atoms with Gasteiger partial charge in [-0.15, -0.1) is 0 Å². The molecular weight excluding hydrogens is 495 g/mol. The van der Waals surface area contributed by atoms with Gasteiger partial charge >= 0.3 is 0 Å². The van der Waals surface area contributed by atoms with Crippen molar-refractivity contribution in [3.05, 3.63) is 95.3 Å². The number of aliphatic hydroxyl groups is 1. The topological polar surface area (TPSA) is 88.0 Å². The Morgan fingerprint density at radius 1 is 0.949 bits per heavy atom. The van der Waals surface area contributed by atoms with Crippen molar-refractivity contribution in [1.82, 2.24) is 5.32 Å². The minimum absolute atomic E-state index is 0.0921. The predicted octanol–water partition coefficient (Wildman–Crippen LogP) is 6.20. The number of ether oxygens (including phenoxy) is 1. The van der Waals surface area contributed by atoms with E-state index >= 15 is 0 Å². The Balaban J connectivity index is 0.00000181. The Hall–Kier alpha value is -3.84. The van der Waals surface area contributed by atoms with Crippen molar-refractivity contribution in [2.75, 3.05) is 13.7 Å². The molecule has 0 saturated heterocycles. The maximum absolute atomic E-state index is 14.4. The highest BCUT2D eigenvalue weighted by atomic mass is 19.1. The number of nitrogens with one attached hydrogen (secondary N) is 1. The molecule has 0 aromatic heterocycles. The monoisotopic (exact) mass is 536 g/mol. The van der Waals surface area contributed by atoms with Gasteiger partial charge in [-0.1, -0.05) is 80.6 Å². The molecule has 0 radical (unpaired) electrons. The number of carbonyl (C=O) groups excluding carboxylic acids is 2. The summed E-state index contributed by atoms with van der Waals surface area (Å²) in [7, 11) is 1.64. The highest BCUT2D eigenvalue weighted by molar-refractivity contribution is 5.75. The van der Waals surface area contributed by atoms with Crippen LogP contribution >= 0.6 is 0 Å². The lowest BCUT2D eigenvalue weighted by Crippen LogP contribution is -2.49. The highest BCUT2D eigenvalue weighted by Crippen LogP contribution is 2.38. The van der Waals surface area contributed by atoms with Crippen LogP contribution in [-0.4, -0.2) is 44.0 Å². The van der Waals surface area contributed by atoms with Gasteiger partial charge in [0.2, 0.25) is 0 Å².